The van der Waals surface area contributed by atoms with Gasteiger partial charge < -0.3 is 19.3 Å². The summed E-state index contributed by atoms with van der Waals surface area (Å²) >= 11 is 3.37. The van der Waals surface area contributed by atoms with Crippen LogP contribution >= 0.6 is 15.9 Å². The van der Waals surface area contributed by atoms with Crippen molar-refractivity contribution in [2.45, 2.75) is 18.4 Å². The van der Waals surface area contributed by atoms with Gasteiger partial charge in [0, 0.05) is 30.5 Å². The molecule has 2 aliphatic heterocycles. The number of hydrogen-bond acceptors (Lipinski definition) is 7. The monoisotopic (exact) mass is 436 g/mol. The maximum atomic E-state index is 12.8. The van der Waals surface area contributed by atoms with Crippen LogP contribution in [0.25, 0.3) is 0 Å². The normalized spacial score (nSPS) is 18.6. The average molecular weight is 437 g/mol. The number of rotatable bonds is 4. The molecule has 3 heterocycles. The number of anilines is 1. The molecule has 4 rings (SSSR count). The maximum absolute atomic E-state index is 12.8. The van der Waals surface area contributed by atoms with Crippen LogP contribution in [0.4, 0.5) is 5.69 Å². The SMILES string of the molecule is O=C(CN1C(=O)COc2cc(Br)ccc21)NC1(c2ncon2)CCOCC1. The number of halogens is 1. The molecule has 0 aliphatic carbocycles. The average Bonchev–Trinajstić information content (AvgIpc) is 3.20. The molecule has 2 aromatic rings. The summed E-state index contributed by atoms with van der Waals surface area (Å²) < 4.78 is 16.6. The van der Waals surface area contributed by atoms with E-state index in [0.29, 0.717) is 43.3 Å². The van der Waals surface area contributed by atoms with Gasteiger partial charge in [-0.3, -0.25) is 14.5 Å². The molecule has 1 N–H and O–H groups in total. The Balaban J connectivity index is 1.54. The molecule has 0 atom stereocenters. The third-order valence-corrected chi connectivity index (χ3v) is 5.17. The van der Waals surface area contributed by atoms with E-state index in [1.165, 1.54) is 11.3 Å². The molecule has 10 heteroatoms. The van der Waals surface area contributed by atoms with Gasteiger partial charge in [-0.2, -0.15) is 4.98 Å². The van der Waals surface area contributed by atoms with Crippen molar-refractivity contribution in [2.24, 2.45) is 0 Å². The Kier molecular flexibility index (Phi) is 4.83. The number of ether oxygens (including phenoxy) is 2. The summed E-state index contributed by atoms with van der Waals surface area (Å²) in [5, 5.41) is 6.91. The second kappa shape index (κ2) is 7.28. The Labute approximate surface area is 163 Å². The lowest BCUT2D eigenvalue weighted by Gasteiger charge is -2.36. The first-order valence-corrected chi connectivity index (χ1v) is 9.25. The Hall–Kier alpha value is -2.46. The smallest absolute Gasteiger partial charge is 0.265 e. The van der Waals surface area contributed by atoms with Crippen LogP contribution < -0.4 is 15.0 Å². The number of hydrogen-bond donors (Lipinski definition) is 1. The highest BCUT2D eigenvalue weighted by Gasteiger charge is 2.40. The number of nitrogens with one attached hydrogen (secondary N) is 1. The summed E-state index contributed by atoms with van der Waals surface area (Å²) in [7, 11) is 0. The summed E-state index contributed by atoms with van der Waals surface area (Å²) in [6, 6.07) is 5.31. The molecule has 1 aromatic carbocycles. The van der Waals surface area contributed by atoms with Gasteiger partial charge in [-0.1, -0.05) is 21.1 Å². The Morgan fingerprint density at radius 2 is 2.15 bits per heavy atom. The second-order valence-electron chi connectivity index (χ2n) is 6.38. The van der Waals surface area contributed by atoms with Crippen LogP contribution in [0.2, 0.25) is 0 Å². The van der Waals surface area contributed by atoms with Gasteiger partial charge in [-0.25, -0.2) is 0 Å². The number of fused-ring (bicyclic) bond motifs is 1. The van der Waals surface area contributed by atoms with Gasteiger partial charge in [-0.05, 0) is 18.2 Å². The van der Waals surface area contributed by atoms with Crippen molar-refractivity contribution in [3.63, 3.8) is 0 Å². The minimum atomic E-state index is -0.764. The highest BCUT2D eigenvalue weighted by Crippen LogP contribution is 2.35. The van der Waals surface area contributed by atoms with Crippen molar-refractivity contribution < 1.29 is 23.6 Å². The van der Waals surface area contributed by atoms with Crippen LogP contribution in [-0.2, 0) is 19.9 Å². The van der Waals surface area contributed by atoms with E-state index >= 15 is 0 Å². The zero-order valence-corrected chi connectivity index (χ0v) is 15.9. The van der Waals surface area contributed by atoms with E-state index < -0.39 is 5.54 Å². The summed E-state index contributed by atoms with van der Waals surface area (Å²) in [6.07, 6.45) is 2.29. The minimum Gasteiger partial charge on any atom is -0.482 e. The van der Waals surface area contributed by atoms with Crippen molar-refractivity contribution in [3.05, 3.63) is 34.9 Å². The third kappa shape index (κ3) is 3.54. The third-order valence-electron chi connectivity index (χ3n) is 4.68. The number of carbonyl (C=O) groups excluding carboxylic acids is 2. The van der Waals surface area contributed by atoms with E-state index in [-0.39, 0.29) is 25.0 Å². The number of aromatic nitrogens is 2. The predicted molar refractivity (Wildman–Crippen MR) is 96.2 cm³/mol. The molecule has 27 heavy (non-hydrogen) atoms. The minimum absolute atomic E-state index is 0.111. The fraction of sp³-hybridized carbons (Fsp3) is 0.412. The zero-order valence-electron chi connectivity index (χ0n) is 14.3. The van der Waals surface area contributed by atoms with Crippen LogP contribution in [-0.4, -0.2) is 48.3 Å². The molecule has 0 bridgehead atoms. The lowest BCUT2D eigenvalue weighted by atomic mass is 9.89. The summed E-state index contributed by atoms with van der Waals surface area (Å²) in [5.74, 6) is 0.374. The van der Waals surface area contributed by atoms with Gasteiger partial charge in [0.1, 0.15) is 17.8 Å². The van der Waals surface area contributed by atoms with E-state index in [0.717, 1.165) is 4.47 Å². The van der Waals surface area contributed by atoms with E-state index in [1.54, 1.807) is 18.2 Å². The van der Waals surface area contributed by atoms with Crippen LogP contribution in [0, 0.1) is 0 Å². The molecule has 0 unspecified atom stereocenters. The molecule has 0 radical (unpaired) electrons. The first-order chi connectivity index (χ1) is 13.1. The number of benzene rings is 1. The van der Waals surface area contributed by atoms with Gasteiger partial charge >= 0.3 is 0 Å². The van der Waals surface area contributed by atoms with Crippen molar-refractivity contribution in [3.8, 4) is 5.75 Å². The van der Waals surface area contributed by atoms with Gasteiger partial charge in [-0.15, -0.1) is 0 Å². The van der Waals surface area contributed by atoms with Crippen molar-refractivity contribution in [2.75, 3.05) is 31.3 Å². The molecule has 1 fully saturated rings. The van der Waals surface area contributed by atoms with E-state index in [2.05, 4.69) is 31.4 Å². The maximum Gasteiger partial charge on any atom is 0.265 e. The number of nitrogens with zero attached hydrogens (tertiary/aromatic N) is 3. The van der Waals surface area contributed by atoms with Gasteiger partial charge in [0.2, 0.25) is 12.3 Å². The Morgan fingerprint density at radius 1 is 1.33 bits per heavy atom. The summed E-state index contributed by atoms with van der Waals surface area (Å²) in [4.78, 5) is 30.7. The molecular formula is C17H17BrN4O5. The molecule has 2 amide bonds. The molecule has 0 spiro atoms. The number of carbonyl (C=O) groups is 2. The van der Waals surface area contributed by atoms with Gasteiger partial charge in [0.25, 0.3) is 5.91 Å². The molecule has 0 saturated carbocycles. The summed E-state index contributed by atoms with van der Waals surface area (Å²) in [6.45, 7) is 0.710. The van der Waals surface area contributed by atoms with Crippen LogP contribution in [0.5, 0.6) is 5.75 Å². The summed E-state index contributed by atoms with van der Waals surface area (Å²) in [5.41, 5.74) is -0.203. The second-order valence-corrected chi connectivity index (χ2v) is 7.29. The molecule has 142 valence electrons. The number of amides is 2. The fourth-order valence-corrected chi connectivity index (χ4v) is 3.65. The van der Waals surface area contributed by atoms with Crippen LogP contribution in [0.3, 0.4) is 0 Å². The van der Waals surface area contributed by atoms with Crippen LogP contribution in [0.1, 0.15) is 18.7 Å². The Morgan fingerprint density at radius 3 is 2.89 bits per heavy atom. The predicted octanol–water partition coefficient (Wildman–Crippen LogP) is 1.38. The fourth-order valence-electron chi connectivity index (χ4n) is 3.31. The van der Waals surface area contributed by atoms with E-state index in [4.69, 9.17) is 14.0 Å². The zero-order chi connectivity index (χ0) is 18.9. The lowest BCUT2D eigenvalue weighted by Crippen LogP contribution is -2.54. The highest BCUT2D eigenvalue weighted by molar-refractivity contribution is 9.10. The first-order valence-electron chi connectivity index (χ1n) is 8.46. The Bertz CT molecular complexity index is 851. The molecule has 1 saturated heterocycles. The first kappa shape index (κ1) is 17.9. The standard InChI is InChI=1S/C17H17BrN4O5/c18-11-1-2-12-13(7-11)26-9-15(24)22(12)8-14(23)20-17(3-5-25-6-4-17)16-19-10-27-21-16/h1-2,7,10H,3-6,8-9H2,(H,20,23). The largest absolute Gasteiger partial charge is 0.482 e. The lowest BCUT2D eigenvalue weighted by molar-refractivity contribution is -0.127. The van der Waals surface area contributed by atoms with Crippen molar-refractivity contribution >= 4 is 33.4 Å². The van der Waals surface area contributed by atoms with Gasteiger partial charge in [0.15, 0.2) is 12.4 Å². The van der Waals surface area contributed by atoms with Crippen molar-refractivity contribution in [1.29, 1.82) is 0 Å². The highest BCUT2D eigenvalue weighted by atomic mass is 79.9. The molecule has 2 aliphatic rings. The molecule has 1 aromatic heterocycles. The topological polar surface area (TPSA) is 107 Å². The van der Waals surface area contributed by atoms with Crippen molar-refractivity contribution in [1.82, 2.24) is 15.5 Å². The molecule has 9 nitrogen and oxygen atoms in total. The quantitative estimate of drug-likeness (QED) is 0.770. The van der Waals surface area contributed by atoms with Gasteiger partial charge in [0.05, 0.1) is 5.69 Å². The van der Waals surface area contributed by atoms with E-state index in [1.807, 2.05) is 0 Å². The van der Waals surface area contributed by atoms with E-state index in [9.17, 15) is 9.59 Å². The van der Waals surface area contributed by atoms with Crippen LogP contribution in [0.15, 0.2) is 33.6 Å². The molecular weight excluding hydrogens is 420 g/mol.